The summed E-state index contributed by atoms with van der Waals surface area (Å²) in [6.45, 7) is 6.37. The molecule has 0 radical (unpaired) electrons. The third-order valence-electron chi connectivity index (χ3n) is 2.78. The van der Waals surface area contributed by atoms with Gasteiger partial charge in [0.15, 0.2) is 0 Å². The smallest absolute Gasteiger partial charge is 0.260 e. The van der Waals surface area contributed by atoms with Gasteiger partial charge in [0.25, 0.3) is 5.89 Å². The maximum Gasteiger partial charge on any atom is 0.260 e. The Morgan fingerprint density at radius 2 is 2.22 bits per heavy atom. The van der Waals surface area contributed by atoms with E-state index in [1.807, 2.05) is 39.0 Å². The number of hydrogen-bond acceptors (Lipinski definition) is 5. The first-order valence-electron chi connectivity index (χ1n) is 5.94. The summed E-state index contributed by atoms with van der Waals surface area (Å²) in [4.78, 5) is 4.32. The van der Waals surface area contributed by atoms with Crippen LogP contribution in [0.1, 0.15) is 31.3 Å². The number of ether oxygens (including phenoxy) is 1. The van der Waals surface area contributed by atoms with Crippen molar-refractivity contribution in [3.05, 3.63) is 29.6 Å². The lowest BCUT2D eigenvalue weighted by atomic mass is 10.1. The molecular formula is C13H17N3O2. The molecule has 2 N–H and O–H groups in total. The second kappa shape index (κ2) is 5.18. The van der Waals surface area contributed by atoms with Gasteiger partial charge in [-0.2, -0.15) is 4.98 Å². The summed E-state index contributed by atoms with van der Waals surface area (Å²) in [5, 5.41) is 3.92. The highest BCUT2D eigenvalue weighted by atomic mass is 16.5. The third kappa shape index (κ3) is 2.36. The standard InChI is InChI=1S/C13H17N3O2/c1-4-17-9(3)12-15-13(18-16-12)10-7-5-6-8(2)11(10)14/h5-7,9H,4,14H2,1-3H3. The molecule has 1 aromatic carbocycles. The quantitative estimate of drug-likeness (QED) is 0.841. The number of nitrogen functional groups attached to an aromatic ring is 1. The van der Waals surface area contributed by atoms with Gasteiger partial charge in [-0.25, -0.2) is 0 Å². The van der Waals surface area contributed by atoms with Crippen LogP contribution in [0, 0.1) is 6.92 Å². The van der Waals surface area contributed by atoms with E-state index in [-0.39, 0.29) is 6.10 Å². The number of rotatable bonds is 4. The lowest BCUT2D eigenvalue weighted by molar-refractivity contribution is 0.0683. The average molecular weight is 247 g/mol. The minimum atomic E-state index is -0.182. The Labute approximate surface area is 106 Å². The monoisotopic (exact) mass is 247 g/mol. The van der Waals surface area contributed by atoms with Crippen LogP contribution < -0.4 is 5.73 Å². The molecule has 1 atom stereocenters. The van der Waals surface area contributed by atoms with Crippen LogP contribution in [0.25, 0.3) is 11.5 Å². The molecule has 2 aromatic rings. The minimum absolute atomic E-state index is 0.182. The molecule has 1 aromatic heterocycles. The number of aromatic nitrogens is 2. The molecule has 2 rings (SSSR count). The van der Waals surface area contributed by atoms with E-state index in [1.54, 1.807) is 0 Å². The van der Waals surface area contributed by atoms with Gasteiger partial charge in [0, 0.05) is 12.3 Å². The zero-order valence-electron chi connectivity index (χ0n) is 10.8. The molecule has 1 heterocycles. The fourth-order valence-corrected chi connectivity index (χ4v) is 1.70. The van der Waals surface area contributed by atoms with Crippen molar-refractivity contribution in [2.24, 2.45) is 0 Å². The van der Waals surface area contributed by atoms with E-state index in [2.05, 4.69) is 10.1 Å². The van der Waals surface area contributed by atoms with Crippen molar-refractivity contribution in [3.63, 3.8) is 0 Å². The molecule has 0 aliphatic heterocycles. The Kier molecular flexibility index (Phi) is 3.62. The van der Waals surface area contributed by atoms with E-state index in [4.69, 9.17) is 15.0 Å². The van der Waals surface area contributed by atoms with Crippen molar-refractivity contribution in [1.82, 2.24) is 10.1 Å². The van der Waals surface area contributed by atoms with E-state index in [9.17, 15) is 0 Å². The summed E-state index contributed by atoms with van der Waals surface area (Å²) in [6.07, 6.45) is -0.182. The fourth-order valence-electron chi connectivity index (χ4n) is 1.70. The van der Waals surface area contributed by atoms with Gasteiger partial charge in [0.1, 0.15) is 6.10 Å². The van der Waals surface area contributed by atoms with Crippen molar-refractivity contribution < 1.29 is 9.26 Å². The van der Waals surface area contributed by atoms with Gasteiger partial charge < -0.3 is 15.0 Å². The van der Waals surface area contributed by atoms with Gasteiger partial charge in [0.2, 0.25) is 5.82 Å². The number of benzene rings is 1. The maximum atomic E-state index is 6.00. The Bertz CT molecular complexity index is 537. The SMILES string of the molecule is CCOC(C)c1noc(-c2cccc(C)c2N)n1. The molecule has 0 fully saturated rings. The van der Waals surface area contributed by atoms with Crippen LogP contribution in [0.3, 0.4) is 0 Å². The molecule has 96 valence electrons. The van der Waals surface area contributed by atoms with Crippen LogP contribution in [0.15, 0.2) is 22.7 Å². The van der Waals surface area contributed by atoms with Crippen LogP contribution in [0.5, 0.6) is 0 Å². The molecular weight excluding hydrogens is 230 g/mol. The van der Waals surface area contributed by atoms with Crippen molar-refractivity contribution in [2.45, 2.75) is 26.9 Å². The largest absolute Gasteiger partial charge is 0.398 e. The van der Waals surface area contributed by atoms with Crippen LogP contribution in [-0.4, -0.2) is 16.7 Å². The molecule has 0 saturated heterocycles. The Hall–Kier alpha value is -1.88. The zero-order valence-corrected chi connectivity index (χ0v) is 10.8. The van der Waals surface area contributed by atoms with E-state index in [1.165, 1.54) is 0 Å². The highest BCUT2D eigenvalue weighted by Crippen LogP contribution is 2.27. The fraction of sp³-hybridized carbons (Fsp3) is 0.385. The van der Waals surface area contributed by atoms with Crippen LogP contribution in [0.4, 0.5) is 5.69 Å². The first-order chi connectivity index (χ1) is 8.63. The van der Waals surface area contributed by atoms with E-state index < -0.39 is 0 Å². The first kappa shape index (κ1) is 12.6. The van der Waals surface area contributed by atoms with Crippen molar-refractivity contribution >= 4 is 5.69 Å². The maximum absolute atomic E-state index is 6.00. The lowest BCUT2D eigenvalue weighted by Gasteiger charge is -2.05. The summed E-state index contributed by atoms with van der Waals surface area (Å²) < 4.78 is 10.6. The lowest BCUT2D eigenvalue weighted by Crippen LogP contribution is -2.01. The zero-order chi connectivity index (χ0) is 13.1. The molecule has 0 amide bonds. The van der Waals surface area contributed by atoms with E-state index >= 15 is 0 Å². The van der Waals surface area contributed by atoms with Crippen molar-refractivity contribution in [3.8, 4) is 11.5 Å². The molecule has 18 heavy (non-hydrogen) atoms. The highest BCUT2D eigenvalue weighted by molar-refractivity contribution is 5.72. The van der Waals surface area contributed by atoms with Crippen LogP contribution >= 0.6 is 0 Å². The van der Waals surface area contributed by atoms with Gasteiger partial charge in [-0.15, -0.1) is 0 Å². The topological polar surface area (TPSA) is 74.2 Å². The molecule has 0 spiro atoms. The molecule has 1 unspecified atom stereocenters. The summed E-state index contributed by atoms with van der Waals surface area (Å²) in [7, 11) is 0. The van der Waals surface area contributed by atoms with Gasteiger partial charge in [-0.1, -0.05) is 17.3 Å². The van der Waals surface area contributed by atoms with Crippen molar-refractivity contribution in [2.75, 3.05) is 12.3 Å². The van der Waals surface area contributed by atoms with Crippen LogP contribution in [-0.2, 0) is 4.74 Å². The Morgan fingerprint density at radius 3 is 2.94 bits per heavy atom. The Balaban J connectivity index is 2.32. The number of aryl methyl sites for hydroxylation is 1. The second-order valence-corrected chi connectivity index (χ2v) is 4.09. The Morgan fingerprint density at radius 1 is 1.44 bits per heavy atom. The number of anilines is 1. The average Bonchev–Trinajstić information content (AvgIpc) is 2.82. The summed E-state index contributed by atoms with van der Waals surface area (Å²) in [5.74, 6) is 0.963. The summed E-state index contributed by atoms with van der Waals surface area (Å²) in [5.41, 5.74) is 8.42. The molecule has 0 bridgehead atoms. The molecule has 5 nitrogen and oxygen atoms in total. The third-order valence-corrected chi connectivity index (χ3v) is 2.78. The van der Waals surface area contributed by atoms with E-state index in [0.717, 1.165) is 11.1 Å². The van der Waals surface area contributed by atoms with Gasteiger partial charge >= 0.3 is 0 Å². The second-order valence-electron chi connectivity index (χ2n) is 4.09. The minimum Gasteiger partial charge on any atom is -0.398 e. The highest BCUT2D eigenvalue weighted by Gasteiger charge is 2.16. The number of para-hydroxylation sites is 1. The van der Waals surface area contributed by atoms with Gasteiger partial charge in [-0.3, -0.25) is 0 Å². The molecule has 0 aliphatic carbocycles. The number of hydrogen-bond donors (Lipinski definition) is 1. The summed E-state index contributed by atoms with van der Waals surface area (Å²) >= 11 is 0. The first-order valence-corrected chi connectivity index (χ1v) is 5.94. The van der Waals surface area contributed by atoms with Crippen LogP contribution in [0.2, 0.25) is 0 Å². The summed E-state index contributed by atoms with van der Waals surface area (Å²) in [6, 6.07) is 5.72. The predicted octanol–water partition coefficient (Wildman–Crippen LogP) is 2.72. The molecule has 0 aliphatic rings. The molecule has 5 heteroatoms. The van der Waals surface area contributed by atoms with Gasteiger partial charge in [-0.05, 0) is 32.4 Å². The normalized spacial score (nSPS) is 12.6. The van der Waals surface area contributed by atoms with E-state index in [0.29, 0.717) is 24.0 Å². The van der Waals surface area contributed by atoms with Gasteiger partial charge in [0.05, 0.1) is 5.56 Å². The number of nitrogens with zero attached hydrogens (tertiary/aromatic N) is 2. The predicted molar refractivity (Wildman–Crippen MR) is 68.9 cm³/mol. The molecule has 0 saturated carbocycles. The number of nitrogens with two attached hydrogens (primary N) is 1. The van der Waals surface area contributed by atoms with Crippen molar-refractivity contribution in [1.29, 1.82) is 0 Å².